The lowest BCUT2D eigenvalue weighted by Gasteiger charge is -2.10. The van der Waals surface area contributed by atoms with Gasteiger partial charge in [-0.05, 0) is 24.6 Å². The third-order valence-corrected chi connectivity index (χ3v) is 1.72. The molecule has 0 aliphatic rings. The van der Waals surface area contributed by atoms with E-state index in [-0.39, 0.29) is 5.69 Å². The molecule has 0 saturated heterocycles. The van der Waals surface area contributed by atoms with Gasteiger partial charge in [-0.25, -0.2) is 0 Å². The van der Waals surface area contributed by atoms with Crippen molar-refractivity contribution in [1.82, 2.24) is 0 Å². The van der Waals surface area contributed by atoms with Gasteiger partial charge in [0.1, 0.15) is 0 Å². The van der Waals surface area contributed by atoms with Crippen LogP contribution in [-0.2, 0) is 6.18 Å². The van der Waals surface area contributed by atoms with Gasteiger partial charge in [0.15, 0.2) is 0 Å². The van der Waals surface area contributed by atoms with Crippen LogP contribution in [0.5, 0.6) is 0 Å². The van der Waals surface area contributed by atoms with Gasteiger partial charge in [0.2, 0.25) is 0 Å². The highest BCUT2D eigenvalue weighted by molar-refractivity contribution is 5.53. The number of anilines is 1. The van der Waals surface area contributed by atoms with E-state index in [0.29, 0.717) is 5.56 Å². The Morgan fingerprint density at radius 2 is 1.92 bits per heavy atom. The molecule has 0 unspecified atom stereocenters. The molecule has 0 bridgehead atoms. The Hall–Kier alpha value is -1.19. The second-order valence-corrected chi connectivity index (χ2v) is 2.67. The lowest BCUT2D eigenvalue weighted by atomic mass is 10.1. The minimum absolute atomic E-state index is 0.287. The predicted molar refractivity (Wildman–Crippen MR) is 44.1 cm³/mol. The smallest absolute Gasteiger partial charge is 0.378 e. The van der Waals surface area contributed by atoms with Gasteiger partial charge in [-0.15, -0.1) is 0 Å². The fraction of sp³-hybridized carbons (Fsp3) is 0.222. The molecule has 1 aromatic rings. The normalized spacial score (nSPS) is 11.5. The lowest BCUT2D eigenvalue weighted by molar-refractivity contribution is -0.137. The molecule has 1 aromatic carbocycles. The summed E-state index contributed by atoms with van der Waals surface area (Å²) >= 11 is 0. The van der Waals surface area contributed by atoms with Crippen LogP contribution in [0, 0.1) is 14.0 Å². The molecular weight excluding hydrogens is 179 g/mol. The summed E-state index contributed by atoms with van der Waals surface area (Å²) in [6.45, 7) is 1.68. The monoisotopic (exact) mass is 187 g/mol. The van der Waals surface area contributed by atoms with Gasteiger partial charge >= 0.3 is 6.18 Å². The van der Waals surface area contributed by atoms with E-state index in [1.807, 2.05) is 0 Å². The quantitative estimate of drug-likeness (QED) is 0.666. The van der Waals surface area contributed by atoms with Crippen LogP contribution in [-0.4, -0.2) is 0 Å². The number of hydrogen-bond donors (Lipinski definition) is 1. The van der Waals surface area contributed by atoms with Gasteiger partial charge in [-0.1, -0.05) is 6.07 Å². The summed E-state index contributed by atoms with van der Waals surface area (Å²) in [6.07, 6.45) is -4.32. The Labute approximate surface area is 74.6 Å². The van der Waals surface area contributed by atoms with E-state index >= 15 is 0 Å². The summed E-state index contributed by atoms with van der Waals surface area (Å²) < 4.78 is 36.5. The molecular formula is C9H8F3N. The maximum Gasteiger partial charge on any atom is 0.416 e. The first-order chi connectivity index (χ1) is 5.95. The van der Waals surface area contributed by atoms with Gasteiger partial charge in [-0.2, -0.15) is 13.2 Å². The van der Waals surface area contributed by atoms with Gasteiger partial charge in [-0.3, -0.25) is 0 Å². The molecule has 0 heterocycles. The van der Waals surface area contributed by atoms with Crippen molar-refractivity contribution in [3.8, 4) is 0 Å². The summed E-state index contributed by atoms with van der Waals surface area (Å²) in [5.74, 6) is 0. The zero-order chi connectivity index (χ0) is 10.1. The SMILES string of the molecule is [CH]Nc1cc(C(F)(F)F)ccc1C. The zero-order valence-electron chi connectivity index (χ0n) is 6.94. The van der Waals surface area contributed by atoms with Crippen LogP contribution in [0.25, 0.3) is 0 Å². The molecule has 0 aliphatic heterocycles. The standard InChI is InChI=1S/C9H8F3N/c1-6-3-4-7(9(10,11)12)5-8(6)13-2/h2-5,13H,1H3. The Kier molecular flexibility index (Phi) is 2.50. The van der Waals surface area contributed by atoms with Crippen molar-refractivity contribution in [2.24, 2.45) is 0 Å². The van der Waals surface area contributed by atoms with Crippen molar-refractivity contribution in [3.63, 3.8) is 0 Å². The summed E-state index contributed by atoms with van der Waals surface area (Å²) in [5.41, 5.74) is 0.261. The highest BCUT2D eigenvalue weighted by atomic mass is 19.4. The number of halogens is 3. The second kappa shape index (κ2) is 3.28. The molecule has 0 aromatic heterocycles. The number of rotatable bonds is 1. The summed E-state index contributed by atoms with van der Waals surface area (Å²) in [7, 11) is 5.05. The minimum Gasteiger partial charge on any atom is -0.378 e. The fourth-order valence-electron chi connectivity index (χ4n) is 0.954. The summed E-state index contributed by atoms with van der Waals surface area (Å²) in [5, 5.41) is 2.21. The molecule has 0 amide bonds. The lowest BCUT2D eigenvalue weighted by Crippen LogP contribution is -2.05. The molecule has 0 fully saturated rings. The highest BCUT2D eigenvalue weighted by Gasteiger charge is 2.30. The van der Waals surface area contributed by atoms with Crippen LogP contribution in [0.1, 0.15) is 11.1 Å². The van der Waals surface area contributed by atoms with E-state index in [1.165, 1.54) is 6.07 Å². The molecule has 4 heteroatoms. The number of alkyl halides is 3. The first-order valence-corrected chi connectivity index (χ1v) is 3.59. The van der Waals surface area contributed by atoms with Crippen LogP contribution in [0.15, 0.2) is 18.2 Å². The van der Waals surface area contributed by atoms with Crippen LogP contribution >= 0.6 is 0 Å². The maximum absolute atomic E-state index is 12.2. The van der Waals surface area contributed by atoms with Crippen LogP contribution < -0.4 is 5.32 Å². The van der Waals surface area contributed by atoms with Crippen molar-refractivity contribution in [1.29, 1.82) is 0 Å². The fourth-order valence-corrected chi connectivity index (χ4v) is 0.954. The van der Waals surface area contributed by atoms with Crippen molar-refractivity contribution < 1.29 is 13.2 Å². The van der Waals surface area contributed by atoms with Crippen LogP contribution in [0.4, 0.5) is 18.9 Å². The average Bonchev–Trinajstić information content (AvgIpc) is 2.03. The first kappa shape index (κ1) is 9.89. The molecule has 2 radical (unpaired) electrons. The van der Waals surface area contributed by atoms with Crippen molar-refractivity contribution in [3.05, 3.63) is 36.4 Å². The number of nitrogens with one attached hydrogen (secondary N) is 1. The zero-order valence-corrected chi connectivity index (χ0v) is 6.94. The topological polar surface area (TPSA) is 12.0 Å². The summed E-state index contributed by atoms with van der Waals surface area (Å²) in [6, 6.07) is 3.38. The van der Waals surface area contributed by atoms with E-state index in [9.17, 15) is 13.2 Å². The third kappa shape index (κ3) is 2.14. The number of benzene rings is 1. The van der Waals surface area contributed by atoms with Gasteiger partial charge in [0, 0.05) is 5.69 Å². The molecule has 1 rings (SSSR count). The predicted octanol–water partition coefficient (Wildman–Crippen LogP) is 3.09. The van der Waals surface area contributed by atoms with E-state index < -0.39 is 11.7 Å². The minimum atomic E-state index is -4.32. The largest absolute Gasteiger partial charge is 0.416 e. The molecule has 0 saturated carbocycles. The highest BCUT2D eigenvalue weighted by Crippen LogP contribution is 2.31. The molecule has 1 N–H and O–H groups in total. The van der Waals surface area contributed by atoms with Crippen LogP contribution in [0.2, 0.25) is 0 Å². The second-order valence-electron chi connectivity index (χ2n) is 2.67. The van der Waals surface area contributed by atoms with Crippen molar-refractivity contribution in [2.75, 3.05) is 5.32 Å². The van der Waals surface area contributed by atoms with Crippen molar-refractivity contribution in [2.45, 2.75) is 13.1 Å². The Balaban J connectivity index is 3.14. The molecule has 13 heavy (non-hydrogen) atoms. The van der Waals surface area contributed by atoms with Crippen LogP contribution in [0.3, 0.4) is 0 Å². The van der Waals surface area contributed by atoms with E-state index in [2.05, 4.69) is 5.32 Å². The van der Waals surface area contributed by atoms with Crippen molar-refractivity contribution >= 4 is 5.69 Å². The molecule has 1 nitrogen and oxygen atoms in total. The molecule has 0 atom stereocenters. The maximum atomic E-state index is 12.2. The Morgan fingerprint density at radius 1 is 1.31 bits per heavy atom. The molecule has 70 valence electrons. The van der Waals surface area contributed by atoms with E-state index in [4.69, 9.17) is 7.05 Å². The first-order valence-electron chi connectivity index (χ1n) is 3.59. The molecule has 0 spiro atoms. The van der Waals surface area contributed by atoms with Gasteiger partial charge < -0.3 is 5.32 Å². The van der Waals surface area contributed by atoms with E-state index in [0.717, 1.165) is 12.1 Å². The summed E-state index contributed by atoms with van der Waals surface area (Å²) in [4.78, 5) is 0. The Bertz CT molecular complexity index is 304. The Morgan fingerprint density at radius 3 is 2.38 bits per heavy atom. The number of aryl methyl sites for hydroxylation is 1. The number of hydrogen-bond acceptors (Lipinski definition) is 1. The third-order valence-electron chi connectivity index (χ3n) is 1.72. The van der Waals surface area contributed by atoms with E-state index in [1.54, 1.807) is 6.92 Å². The van der Waals surface area contributed by atoms with Gasteiger partial charge in [0.05, 0.1) is 12.6 Å². The molecule has 0 aliphatic carbocycles. The van der Waals surface area contributed by atoms with Gasteiger partial charge in [0.25, 0.3) is 0 Å². The average molecular weight is 187 g/mol.